The molecular formula is C18H25N3O2. The first-order valence-corrected chi connectivity index (χ1v) is 7.94. The maximum Gasteiger partial charge on any atom is 0.191 e. The van der Waals surface area contributed by atoms with Crippen LogP contribution in [-0.4, -0.2) is 30.7 Å². The lowest BCUT2D eigenvalue weighted by Crippen LogP contribution is -2.39. The largest absolute Gasteiger partial charge is 0.466 e. The third kappa shape index (κ3) is 5.45. The van der Waals surface area contributed by atoms with Crippen molar-refractivity contribution in [2.75, 3.05) is 19.6 Å². The van der Waals surface area contributed by atoms with Gasteiger partial charge in [0.25, 0.3) is 0 Å². The normalized spacial score (nSPS) is 14.3. The van der Waals surface area contributed by atoms with Gasteiger partial charge in [0, 0.05) is 13.1 Å². The molecule has 1 heterocycles. The van der Waals surface area contributed by atoms with Crippen LogP contribution in [-0.2, 0) is 12.0 Å². The molecule has 2 aromatic rings. The molecule has 5 nitrogen and oxygen atoms in total. The molecular weight excluding hydrogens is 290 g/mol. The number of nitrogens with one attached hydrogen (secondary N) is 2. The molecule has 23 heavy (non-hydrogen) atoms. The van der Waals surface area contributed by atoms with Gasteiger partial charge in [0.1, 0.15) is 11.4 Å². The molecule has 0 fully saturated rings. The van der Waals surface area contributed by atoms with E-state index < -0.39 is 5.60 Å². The van der Waals surface area contributed by atoms with Crippen molar-refractivity contribution in [3.63, 3.8) is 0 Å². The summed E-state index contributed by atoms with van der Waals surface area (Å²) < 4.78 is 5.27. The lowest BCUT2D eigenvalue weighted by molar-refractivity contribution is 0.0437. The first-order chi connectivity index (χ1) is 11.1. The fourth-order valence-electron chi connectivity index (χ4n) is 2.21. The van der Waals surface area contributed by atoms with Crippen molar-refractivity contribution in [3.8, 4) is 0 Å². The van der Waals surface area contributed by atoms with E-state index in [9.17, 15) is 5.11 Å². The van der Waals surface area contributed by atoms with Crippen LogP contribution in [0.2, 0.25) is 0 Å². The average Bonchev–Trinajstić information content (AvgIpc) is 3.09. The van der Waals surface area contributed by atoms with E-state index in [1.165, 1.54) is 5.56 Å². The van der Waals surface area contributed by atoms with Crippen molar-refractivity contribution >= 4 is 5.96 Å². The van der Waals surface area contributed by atoms with E-state index in [4.69, 9.17) is 4.42 Å². The highest BCUT2D eigenvalue weighted by molar-refractivity contribution is 5.79. The Bertz CT molecular complexity index is 592. The first-order valence-electron chi connectivity index (χ1n) is 7.94. The van der Waals surface area contributed by atoms with Crippen LogP contribution in [0.15, 0.2) is 58.1 Å². The van der Waals surface area contributed by atoms with Crippen LogP contribution in [0.5, 0.6) is 0 Å². The summed E-state index contributed by atoms with van der Waals surface area (Å²) in [7, 11) is 0. The van der Waals surface area contributed by atoms with Gasteiger partial charge in [0.05, 0.1) is 12.8 Å². The summed E-state index contributed by atoms with van der Waals surface area (Å²) in [4.78, 5) is 4.46. The van der Waals surface area contributed by atoms with Crippen LogP contribution < -0.4 is 10.6 Å². The van der Waals surface area contributed by atoms with Crippen LogP contribution in [0.1, 0.15) is 25.2 Å². The second-order valence-electron chi connectivity index (χ2n) is 5.61. The number of aliphatic imine (C=N–C) groups is 1. The Morgan fingerprint density at radius 1 is 1.17 bits per heavy atom. The second-order valence-corrected chi connectivity index (χ2v) is 5.61. The lowest BCUT2D eigenvalue weighted by atomic mass is 10.0. The zero-order chi connectivity index (χ0) is 16.5. The molecule has 0 radical (unpaired) electrons. The Kier molecular flexibility index (Phi) is 6.23. The maximum atomic E-state index is 10.4. The van der Waals surface area contributed by atoms with Gasteiger partial charge in [-0.2, -0.15) is 0 Å². The number of rotatable bonds is 7. The van der Waals surface area contributed by atoms with Gasteiger partial charge < -0.3 is 20.2 Å². The van der Waals surface area contributed by atoms with Crippen LogP contribution in [0.3, 0.4) is 0 Å². The highest BCUT2D eigenvalue weighted by Crippen LogP contribution is 2.20. The molecule has 3 N–H and O–H groups in total. The fourth-order valence-corrected chi connectivity index (χ4v) is 2.21. The SMILES string of the molecule is CCNC(=NCC(C)(O)c1ccco1)NCCc1ccccc1. The molecule has 0 amide bonds. The summed E-state index contributed by atoms with van der Waals surface area (Å²) in [5.41, 5.74) is 0.157. The van der Waals surface area contributed by atoms with Gasteiger partial charge in [-0.25, -0.2) is 4.99 Å². The third-order valence-electron chi connectivity index (χ3n) is 3.49. The summed E-state index contributed by atoms with van der Waals surface area (Å²) >= 11 is 0. The van der Waals surface area contributed by atoms with Crippen molar-refractivity contribution in [1.82, 2.24) is 10.6 Å². The minimum atomic E-state index is -1.12. The number of guanidine groups is 1. The molecule has 2 rings (SSSR count). The molecule has 1 aromatic carbocycles. The van der Waals surface area contributed by atoms with E-state index in [1.54, 1.807) is 25.3 Å². The molecule has 0 spiro atoms. The zero-order valence-electron chi connectivity index (χ0n) is 13.7. The van der Waals surface area contributed by atoms with Crippen molar-refractivity contribution in [3.05, 3.63) is 60.1 Å². The molecule has 1 aromatic heterocycles. The van der Waals surface area contributed by atoms with E-state index >= 15 is 0 Å². The van der Waals surface area contributed by atoms with E-state index in [0.717, 1.165) is 19.5 Å². The van der Waals surface area contributed by atoms with Gasteiger partial charge in [0.15, 0.2) is 5.96 Å². The second kappa shape index (κ2) is 8.39. The molecule has 0 saturated carbocycles. The van der Waals surface area contributed by atoms with Gasteiger partial charge in [-0.05, 0) is 38.0 Å². The van der Waals surface area contributed by atoms with Crippen LogP contribution in [0, 0.1) is 0 Å². The van der Waals surface area contributed by atoms with E-state index in [0.29, 0.717) is 11.7 Å². The van der Waals surface area contributed by atoms with Crippen LogP contribution >= 0.6 is 0 Å². The summed E-state index contributed by atoms with van der Waals surface area (Å²) in [6.45, 7) is 5.47. The molecule has 1 atom stereocenters. The first kappa shape index (κ1) is 17.1. The molecule has 0 bridgehead atoms. The van der Waals surface area contributed by atoms with E-state index in [1.807, 2.05) is 25.1 Å². The molecule has 0 aliphatic heterocycles. The summed E-state index contributed by atoms with van der Waals surface area (Å²) in [6.07, 6.45) is 2.47. The van der Waals surface area contributed by atoms with Crippen molar-refractivity contribution < 1.29 is 9.52 Å². The minimum Gasteiger partial charge on any atom is -0.466 e. The van der Waals surface area contributed by atoms with Crippen molar-refractivity contribution in [2.45, 2.75) is 25.9 Å². The van der Waals surface area contributed by atoms with Crippen LogP contribution in [0.25, 0.3) is 0 Å². The van der Waals surface area contributed by atoms with Crippen molar-refractivity contribution in [2.24, 2.45) is 4.99 Å². The Labute approximate surface area is 137 Å². The molecule has 0 aliphatic carbocycles. The Morgan fingerprint density at radius 2 is 1.96 bits per heavy atom. The maximum absolute atomic E-state index is 10.4. The third-order valence-corrected chi connectivity index (χ3v) is 3.49. The number of benzene rings is 1. The number of nitrogens with zero attached hydrogens (tertiary/aromatic N) is 1. The Morgan fingerprint density at radius 3 is 2.61 bits per heavy atom. The topological polar surface area (TPSA) is 69.8 Å². The molecule has 1 unspecified atom stereocenters. The summed E-state index contributed by atoms with van der Waals surface area (Å²) in [6, 6.07) is 13.8. The predicted molar refractivity (Wildman–Crippen MR) is 92.4 cm³/mol. The molecule has 5 heteroatoms. The predicted octanol–water partition coefficient (Wildman–Crippen LogP) is 2.28. The smallest absolute Gasteiger partial charge is 0.191 e. The number of hydrogen-bond acceptors (Lipinski definition) is 3. The zero-order valence-corrected chi connectivity index (χ0v) is 13.7. The highest BCUT2D eigenvalue weighted by atomic mass is 16.4. The van der Waals surface area contributed by atoms with Gasteiger partial charge in [-0.15, -0.1) is 0 Å². The minimum absolute atomic E-state index is 0.223. The Balaban J connectivity index is 1.89. The van der Waals surface area contributed by atoms with Gasteiger partial charge in [0.2, 0.25) is 0 Å². The number of furan rings is 1. The molecule has 0 aliphatic rings. The summed E-state index contributed by atoms with van der Waals surface area (Å²) in [5, 5.41) is 16.9. The molecule has 124 valence electrons. The summed E-state index contributed by atoms with van der Waals surface area (Å²) in [5.74, 6) is 1.21. The lowest BCUT2D eigenvalue weighted by Gasteiger charge is -2.19. The van der Waals surface area contributed by atoms with E-state index in [-0.39, 0.29) is 6.54 Å². The highest BCUT2D eigenvalue weighted by Gasteiger charge is 2.25. The quantitative estimate of drug-likeness (QED) is 0.541. The number of aliphatic hydroxyl groups is 1. The Hall–Kier alpha value is -2.27. The van der Waals surface area contributed by atoms with Gasteiger partial charge >= 0.3 is 0 Å². The number of hydrogen-bond donors (Lipinski definition) is 3. The monoisotopic (exact) mass is 315 g/mol. The van der Waals surface area contributed by atoms with Crippen LogP contribution in [0.4, 0.5) is 0 Å². The fraction of sp³-hybridized carbons (Fsp3) is 0.389. The van der Waals surface area contributed by atoms with Gasteiger partial charge in [-0.1, -0.05) is 30.3 Å². The van der Waals surface area contributed by atoms with Crippen molar-refractivity contribution in [1.29, 1.82) is 0 Å². The van der Waals surface area contributed by atoms with E-state index in [2.05, 4.69) is 27.8 Å². The molecule has 0 saturated heterocycles. The standard InChI is InChI=1S/C18H25N3O2/c1-3-19-17(20-12-11-15-8-5-4-6-9-15)21-14-18(2,22)16-10-7-13-23-16/h4-10,13,22H,3,11-12,14H2,1-2H3,(H2,19,20,21). The average molecular weight is 315 g/mol. The van der Waals surface area contributed by atoms with Gasteiger partial charge in [-0.3, -0.25) is 0 Å².